The van der Waals surface area contributed by atoms with Gasteiger partial charge in [0.05, 0.1) is 7.11 Å². The van der Waals surface area contributed by atoms with E-state index >= 15 is 0 Å². The highest BCUT2D eigenvalue weighted by molar-refractivity contribution is 7.07. The standard InChI is InChI=1S/C12H17NO2S/c1-15-12(14)11-4-2-3-6-13(11)8-10-5-7-16-9-10/h5,7,9,11H,2-4,6,8H2,1H3. The normalized spacial score (nSPS) is 21.9. The van der Waals surface area contributed by atoms with Crippen LogP contribution in [-0.4, -0.2) is 30.6 Å². The number of piperidine rings is 1. The molecule has 88 valence electrons. The Morgan fingerprint density at radius 1 is 1.62 bits per heavy atom. The van der Waals surface area contributed by atoms with Crippen LogP contribution in [0.3, 0.4) is 0 Å². The number of hydrogen-bond acceptors (Lipinski definition) is 4. The summed E-state index contributed by atoms with van der Waals surface area (Å²) >= 11 is 1.70. The molecule has 0 saturated carbocycles. The van der Waals surface area contributed by atoms with Gasteiger partial charge < -0.3 is 4.74 Å². The molecule has 0 aliphatic carbocycles. The van der Waals surface area contributed by atoms with E-state index in [9.17, 15) is 4.79 Å². The topological polar surface area (TPSA) is 29.5 Å². The molecular formula is C12H17NO2S. The van der Waals surface area contributed by atoms with Crippen molar-refractivity contribution in [3.63, 3.8) is 0 Å². The van der Waals surface area contributed by atoms with Gasteiger partial charge in [0.1, 0.15) is 6.04 Å². The average Bonchev–Trinajstić information content (AvgIpc) is 2.82. The van der Waals surface area contributed by atoms with Crippen molar-refractivity contribution in [1.29, 1.82) is 0 Å². The molecule has 1 atom stereocenters. The van der Waals surface area contributed by atoms with E-state index in [1.54, 1.807) is 11.3 Å². The Morgan fingerprint density at radius 3 is 3.19 bits per heavy atom. The van der Waals surface area contributed by atoms with Crippen LogP contribution in [0.1, 0.15) is 24.8 Å². The molecule has 2 heterocycles. The number of carbonyl (C=O) groups excluding carboxylic acids is 1. The summed E-state index contributed by atoms with van der Waals surface area (Å²) < 4.78 is 4.86. The number of likely N-dealkylation sites (tertiary alicyclic amines) is 1. The predicted octanol–water partition coefficient (Wildman–Crippen LogP) is 2.28. The molecule has 16 heavy (non-hydrogen) atoms. The quantitative estimate of drug-likeness (QED) is 0.758. The number of carbonyl (C=O) groups is 1. The van der Waals surface area contributed by atoms with E-state index in [1.807, 2.05) is 0 Å². The Kier molecular flexibility index (Phi) is 3.96. The van der Waals surface area contributed by atoms with E-state index in [2.05, 4.69) is 21.7 Å². The second-order valence-corrected chi connectivity index (χ2v) is 4.92. The highest BCUT2D eigenvalue weighted by Crippen LogP contribution is 2.21. The molecule has 0 radical (unpaired) electrons. The van der Waals surface area contributed by atoms with E-state index in [4.69, 9.17) is 4.74 Å². The van der Waals surface area contributed by atoms with Crippen molar-refractivity contribution in [2.45, 2.75) is 31.8 Å². The highest BCUT2D eigenvalue weighted by Gasteiger charge is 2.29. The zero-order valence-electron chi connectivity index (χ0n) is 9.52. The summed E-state index contributed by atoms with van der Waals surface area (Å²) in [7, 11) is 1.47. The van der Waals surface area contributed by atoms with Gasteiger partial charge in [-0.1, -0.05) is 6.42 Å². The SMILES string of the molecule is COC(=O)C1CCCCN1Cc1ccsc1. The van der Waals surface area contributed by atoms with Crippen LogP contribution < -0.4 is 0 Å². The second kappa shape index (κ2) is 5.46. The number of nitrogens with zero attached hydrogens (tertiary/aromatic N) is 1. The molecule has 0 spiro atoms. The van der Waals surface area contributed by atoms with Crippen LogP contribution in [-0.2, 0) is 16.1 Å². The van der Waals surface area contributed by atoms with Gasteiger partial charge in [-0.15, -0.1) is 0 Å². The lowest BCUT2D eigenvalue weighted by atomic mass is 10.0. The van der Waals surface area contributed by atoms with Gasteiger partial charge in [0, 0.05) is 6.54 Å². The summed E-state index contributed by atoms with van der Waals surface area (Å²) in [4.78, 5) is 13.9. The minimum atomic E-state index is -0.0880. The van der Waals surface area contributed by atoms with Gasteiger partial charge in [-0.05, 0) is 41.8 Å². The minimum absolute atomic E-state index is 0.0429. The number of rotatable bonds is 3. The van der Waals surface area contributed by atoms with Gasteiger partial charge in [-0.2, -0.15) is 11.3 Å². The first-order valence-corrected chi connectivity index (χ1v) is 6.58. The zero-order valence-corrected chi connectivity index (χ0v) is 10.3. The summed E-state index contributed by atoms with van der Waals surface area (Å²) in [6.07, 6.45) is 3.23. The fourth-order valence-corrected chi connectivity index (χ4v) is 2.86. The molecule has 0 N–H and O–H groups in total. The molecule has 1 aromatic heterocycles. The largest absolute Gasteiger partial charge is 0.468 e. The van der Waals surface area contributed by atoms with Crippen LogP contribution in [0.5, 0.6) is 0 Å². The molecule has 1 aromatic rings. The summed E-state index contributed by atoms with van der Waals surface area (Å²) in [5.74, 6) is -0.0880. The number of ether oxygens (including phenoxy) is 1. The number of esters is 1. The van der Waals surface area contributed by atoms with E-state index in [1.165, 1.54) is 19.1 Å². The molecule has 1 unspecified atom stereocenters. The van der Waals surface area contributed by atoms with E-state index in [-0.39, 0.29) is 12.0 Å². The molecule has 1 fully saturated rings. The van der Waals surface area contributed by atoms with Crippen molar-refractivity contribution in [1.82, 2.24) is 4.90 Å². The zero-order chi connectivity index (χ0) is 11.4. The third-order valence-electron chi connectivity index (χ3n) is 3.05. The molecule has 1 aliphatic heterocycles. The first kappa shape index (κ1) is 11.6. The van der Waals surface area contributed by atoms with Gasteiger partial charge in [0.15, 0.2) is 0 Å². The summed E-state index contributed by atoms with van der Waals surface area (Å²) in [5, 5.41) is 4.22. The maximum absolute atomic E-state index is 11.6. The smallest absolute Gasteiger partial charge is 0.323 e. The molecule has 1 saturated heterocycles. The predicted molar refractivity (Wildman–Crippen MR) is 64.4 cm³/mol. The molecule has 0 amide bonds. The first-order valence-electron chi connectivity index (χ1n) is 5.64. The number of methoxy groups -OCH3 is 1. The van der Waals surface area contributed by atoms with Gasteiger partial charge in [-0.25, -0.2) is 0 Å². The summed E-state index contributed by atoms with van der Waals surface area (Å²) in [6.45, 7) is 1.86. The van der Waals surface area contributed by atoms with Gasteiger partial charge >= 0.3 is 5.97 Å². The minimum Gasteiger partial charge on any atom is -0.468 e. The Hall–Kier alpha value is -0.870. The van der Waals surface area contributed by atoms with Crippen molar-refractivity contribution in [3.05, 3.63) is 22.4 Å². The second-order valence-electron chi connectivity index (χ2n) is 4.14. The van der Waals surface area contributed by atoms with Crippen LogP contribution >= 0.6 is 11.3 Å². The van der Waals surface area contributed by atoms with Crippen molar-refractivity contribution in [2.24, 2.45) is 0 Å². The molecular weight excluding hydrogens is 222 g/mol. The lowest BCUT2D eigenvalue weighted by Crippen LogP contribution is -2.44. The van der Waals surface area contributed by atoms with E-state index < -0.39 is 0 Å². The average molecular weight is 239 g/mol. The van der Waals surface area contributed by atoms with Crippen molar-refractivity contribution in [2.75, 3.05) is 13.7 Å². The number of hydrogen-bond donors (Lipinski definition) is 0. The molecule has 3 nitrogen and oxygen atoms in total. The van der Waals surface area contributed by atoms with Gasteiger partial charge in [-0.3, -0.25) is 9.69 Å². The third-order valence-corrected chi connectivity index (χ3v) is 3.78. The van der Waals surface area contributed by atoms with Crippen molar-refractivity contribution < 1.29 is 9.53 Å². The lowest BCUT2D eigenvalue weighted by molar-refractivity contribution is -0.148. The fraction of sp³-hybridized carbons (Fsp3) is 0.583. The van der Waals surface area contributed by atoms with Crippen LogP contribution in [0.4, 0.5) is 0 Å². The van der Waals surface area contributed by atoms with Crippen molar-refractivity contribution in [3.8, 4) is 0 Å². The van der Waals surface area contributed by atoms with Crippen LogP contribution in [0.2, 0.25) is 0 Å². The molecule has 0 bridgehead atoms. The maximum atomic E-state index is 11.6. The highest BCUT2D eigenvalue weighted by atomic mass is 32.1. The molecule has 4 heteroatoms. The van der Waals surface area contributed by atoms with Crippen molar-refractivity contribution >= 4 is 17.3 Å². The van der Waals surface area contributed by atoms with Gasteiger partial charge in [0.25, 0.3) is 0 Å². The van der Waals surface area contributed by atoms with Gasteiger partial charge in [0.2, 0.25) is 0 Å². The van der Waals surface area contributed by atoms with Crippen LogP contribution in [0.25, 0.3) is 0 Å². The molecule has 1 aliphatic rings. The molecule has 0 aromatic carbocycles. The lowest BCUT2D eigenvalue weighted by Gasteiger charge is -2.33. The van der Waals surface area contributed by atoms with Crippen LogP contribution in [0.15, 0.2) is 16.8 Å². The van der Waals surface area contributed by atoms with E-state index in [0.717, 1.165) is 25.9 Å². The maximum Gasteiger partial charge on any atom is 0.323 e. The fourth-order valence-electron chi connectivity index (χ4n) is 2.20. The first-order chi connectivity index (χ1) is 7.81. The molecule has 2 rings (SSSR count). The summed E-state index contributed by atoms with van der Waals surface area (Å²) in [6, 6.07) is 2.08. The Balaban J connectivity index is 2.02. The van der Waals surface area contributed by atoms with E-state index in [0.29, 0.717) is 0 Å². The number of thiophene rings is 1. The Morgan fingerprint density at radius 2 is 2.50 bits per heavy atom. The monoisotopic (exact) mass is 239 g/mol. The third kappa shape index (κ3) is 2.62. The summed E-state index contributed by atoms with van der Waals surface area (Å²) in [5.41, 5.74) is 1.29. The Bertz CT molecular complexity index is 337. The Labute approximate surface area is 100 Å². The van der Waals surface area contributed by atoms with Crippen LogP contribution in [0, 0.1) is 0 Å².